The molecule has 17 nitrogen and oxygen atoms in total. The summed E-state index contributed by atoms with van der Waals surface area (Å²) in [5.41, 5.74) is 0. The topological polar surface area (TPSA) is 237 Å². The van der Waals surface area contributed by atoms with E-state index in [2.05, 4.69) is 55.4 Å². The van der Waals surface area contributed by atoms with Crippen LogP contribution in [-0.2, 0) is 65.4 Å². The summed E-state index contributed by atoms with van der Waals surface area (Å²) in [6.45, 7) is 14.0. The van der Waals surface area contributed by atoms with E-state index < -0.39 is 97.5 Å². The van der Waals surface area contributed by atoms with Crippen LogP contribution in [0.15, 0.2) is 0 Å². The van der Waals surface area contributed by atoms with Gasteiger partial charge in [-0.15, -0.1) is 0 Å². The molecule has 504 valence electrons. The lowest BCUT2D eigenvalue weighted by Gasteiger charge is -2.21. The van der Waals surface area contributed by atoms with Crippen LogP contribution >= 0.6 is 15.6 Å². The molecule has 0 aromatic rings. The molecule has 0 aromatic carbocycles. The number of ether oxygens (including phenoxy) is 4. The molecule has 85 heavy (non-hydrogen) atoms. The molecule has 3 N–H and O–H groups in total. The molecule has 0 aliphatic rings. The zero-order valence-electron chi connectivity index (χ0n) is 55.2. The van der Waals surface area contributed by atoms with Gasteiger partial charge in [-0.2, -0.15) is 0 Å². The molecule has 0 aliphatic heterocycles. The Morgan fingerprint density at radius 1 is 0.329 bits per heavy atom. The summed E-state index contributed by atoms with van der Waals surface area (Å²) in [4.78, 5) is 72.3. The van der Waals surface area contributed by atoms with Crippen molar-refractivity contribution >= 4 is 39.5 Å². The van der Waals surface area contributed by atoms with E-state index in [0.717, 1.165) is 115 Å². The third-order valence-corrected chi connectivity index (χ3v) is 17.3. The zero-order chi connectivity index (χ0) is 63.2. The number of hydrogen-bond donors (Lipinski definition) is 3. The summed E-state index contributed by atoms with van der Waals surface area (Å²) in [6, 6.07) is 0. The van der Waals surface area contributed by atoms with Crippen LogP contribution in [0.25, 0.3) is 0 Å². The van der Waals surface area contributed by atoms with E-state index in [4.69, 9.17) is 37.0 Å². The maximum absolute atomic E-state index is 13.0. The summed E-state index contributed by atoms with van der Waals surface area (Å²) >= 11 is 0. The van der Waals surface area contributed by atoms with Gasteiger partial charge < -0.3 is 33.8 Å². The Labute approximate surface area is 517 Å². The van der Waals surface area contributed by atoms with Crippen LogP contribution in [0.1, 0.15) is 319 Å². The first-order valence-corrected chi connectivity index (χ1v) is 37.2. The van der Waals surface area contributed by atoms with Crippen LogP contribution in [0.4, 0.5) is 0 Å². The maximum atomic E-state index is 13.0. The summed E-state index contributed by atoms with van der Waals surface area (Å²) in [6.07, 6.45) is 36.3. The highest BCUT2D eigenvalue weighted by Gasteiger charge is 2.30. The van der Waals surface area contributed by atoms with Crippen LogP contribution in [-0.4, -0.2) is 96.7 Å². The smallest absolute Gasteiger partial charge is 0.462 e. The van der Waals surface area contributed by atoms with Gasteiger partial charge in [0.05, 0.1) is 26.4 Å². The minimum atomic E-state index is -4.95. The number of esters is 4. The SMILES string of the molecule is CCC(C)CCCCCCCCCCCCC(=O)O[C@H](COC(=O)CCCCCCCCCC(C)C)COP(=O)(O)OCC(O)COP(=O)(O)OC[C@@H](COC(=O)CCCCCCCCC(C)C)OC(=O)CCCCCCCCCCCC(C)C. The first-order chi connectivity index (χ1) is 40.6. The monoisotopic (exact) mass is 1250 g/mol. The normalized spacial score (nSPS) is 14.7. The summed E-state index contributed by atoms with van der Waals surface area (Å²) in [5.74, 6) is 0.786. The van der Waals surface area contributed by atoms with Crippen LogP contribution in [0.3, 0.4) is 0 Å². The van der Waals surface area contributed by atoms with Crippen molar-refractivity contribution in [3.63, 3.8) is 0 Å². The van der Waals surface area contributed by atoms with Crippen LogP contribution in [0.2, 0.25) is 0 Å². The zero-order valence-corrected chi connectivity index (χ0v) is 57.0. The molecule has 0 heterocycles. The lowest BCUT2D eigenvalue weighted by Crippen LogP contribution is -2.30. The lowest BCUT2D eigenvalue weighted by atomic mass is 9.99. The predicted octanol–water partition coefficient (Wildman–Crippen LogP) is 18.1. The van der Waals surface area contributed by atoms with Gasteiger partial charge in [-0.05, 0) is 49.4 Å². The van der Waals surface area contributed by atoms with E-state index in [-0.39, 0.29) is 25.7 Å². The van der Waals surface area contributed by atoms with Crippen molar-refractivity contribution in [3.05, 3.63) is 0 Å². The first kappa shape index (κ1) is 83.1. The molecule has 0 saturated carbocycles. The van der Waals surface area contributed by atoms with Gasteiger partial charge >= 0.3 is 39.5 Å². The number of rotatable bonds is 63. The van der Waals surface area contributed by atoms with E-state index in [0.29, 0.717) is 37.5 Å². The third-order valence-electron chi connectivity index (χ3n) is 15.4. The van der Waals surface area contributed by atoms with Crippen molar-refractivity contribution in [1.29, 1.82) is 0 Å². The minimum Gasteiger partial charge on any atom is -0.462 e. The van der Waals surface area contributed by atoms with Gasteiger partial charge in [0.15, 0.2) is 12.2 Å². The highest BCUT2D eigenvalue weighted by atomic mass is 31.2. The Bertz CT molecular complexity index is 1700. The van der Waals surface area contributed by atoms with Gasteiger partial charge in [0.2, 0.25) is 0 Å². The average Bonchev–Trinajstić information content (AvgIpc) is 3.63. The Morgan fingerprint density at radius 3 is 0.835 bits per heavy atom. The number of carbonyl (C=O) groups is 4. The molecule has 4 unspecified atom stereocenters. The van der Waals surface area contributed by atoms with Gasteiger partial charge in [0.25, 0.3) is 0 Å². The van der Waals surface area contributed by atoms with Crippen molar-refractivity contribution in [1.82, 2.24) is 0 Å². The van der Waals surface area contributed by atoms with Crippen molar-refractivity contribution in [2.75, 3.05) is 39.6 Å². The standard InChI is InChI=1S/C66H128O17P2/c1-9-59(8)45-37-29-20-14-10-11-15-21-32-40-48-65(70)82-61(52-76-63(68)46-38-30-23-17-19-27-35-43-57(4)5)54-80-84(72,73)78-50-60(67)51-79-85(74,75)81-55-62(53-77-64(69)47-39-31-25-24-28-36-44-58(6)7)83-66(71)49-41-33-22-16-12-13-18-26-34-42-56(2)3/h56-62,67H,9-55H2,1-8H3,(H,72,73)(H,74,75)/t59?,60?,61-,62-/m1/s1. The molecule has 0 saturated heterocycles. The molecule has 19 heteroatoms. The van der Waals surface area contributed by atoms with E-state index in [9.17, 15) is 43.2 Å². The van der Waals surface area contributed by atoms with E-state index in [1.807, 2.05) is 0 Å². The molecule has 0 spiro atoms. The first-order valence-electron chi connectivity index (χ1n) is 34.2. The maximum Gasteiger partial charge on any atom is 0.472 e. The molecule has 0 amide bonds. The van der Waals surface area contributed by atoms with E-state index in [1.54, 1.807) is 0 Å². The summed E-state index contributed by atoms with van der Waals surface area (Å²) in [7, 11) is -9.89. The number of carbonyl (C=O) groups excluding carboxylic acids is 4. The lowest BCUT2D eigenvalue weighted by molar-refractivity contribution is -0.161. The fourth-order valence-electron chi connectivity index (χ4n) is 9.75. The highest BCUT2D eigenvalue weighted by molar-refractivity contribution is 7.47. The second kappa shape index (κ2) is 56.1. The summed E-state index contributed by atoms with van der Waals surface area (Å²) < 4.78 is 68.1. The van der Waals surface area contributed by atoms with E-state index in [1.165, 1.54) is 109 Å². The molecule has 0 aliphatic carbocycles. The highest BCUT2D eigenvalue weighted by Crippen LogP contribution is 2.45. The number of phosphoric acid groups is 2. The second-order valence-corrected chi connectivity index (χ2v) is 28.4. The minimum absolute atomic E-state index is 0.103. The number of unbranched alkanes of at least 4 members (excludes halogenated alkanes) is 28. The third kappa shape index (κ3) is 59.5. The van der Waals surface area contributed by atoms with Gasteiger partial charge in [-0.1, -0.05) is 267 Å². The Kier molecular flexibility index (Phi) is 54.8. The van der Waals surface area contributed by atoms with Crippen molar-refractivity contribution < 1.29 is 80.2 Å². The number of aliphatic hydroxyl groups is 1. The molecule has 6 atom stereocenters. The van der Waals surface area contributed by atoms with Crippen LogP contribution in [0.5, 0.6) is 0 Å². The largest absolute Gasteiger partial charge is 0.472 e. The predicted molar refractivity (Wildman–Crippen MR) is 340 cm³/mol. The van der Waals surface area contributed by atoms with Gasteiger partial charge in [0.1, 0.15) is 19.3 Å². The molecule has 0 fully saturated rings. The molecule has 0 rings (SSSR count). The Balaban J connectivity index is 5.25. The van der Waals surface area contributed by atoms with Gasteiger partial charge in [-0.25, -0.2) is 9.13 Å². The molecular weight excluding hydrogens is 1130 g/mol. The van der Waals surface area contributed by atoms with E-state index >= 15 is 0 Å². The number of phosphoric ester groups is 2. The Hall–Kier alpha value is -1.94. The van der Waals surface area contributed by atoms with Crippen molar-refractivity contribution in [2.45, 2.75) is 337 Å². The van der Waals surface area contributed by atoms with Crippen molar-refractivity contribution in [3.8, 4) is 0 Å². The fourth-order valence-corrected chi connectivity index (χ4v) is 11.3. The molecule has 0 bridgehead atoms. The number of aliphatic hydroxyl groups excluding tert-OH is 1. The van der Waals surface area contributed by atoms with Crippen LogP contribution < -0.4 is 0 Å². The second-order valence-electron chi connectivity index (χ2n) is 25.5. The van der Waals surface area contributed by atoms with Gasteiger partial charge in [0, 0.05) is 25.7 Å². The summed E-state index contributed by atoms with van der Waals surface area (Å²) in [5, 5.41) is 10.5. The molecular formula is C66H128O17P2. The fraction of sp³-hybridized carbons (Fsp3) is 0.939. The van der Waals surface area contributed by atoms with Gasteiger partial charge in [-0.3, -0.25) is 37.3 Å². The average molecular weight is 1260 g/mol. The quantitative estimate of drug-likeness (QED) is 0.0222. The van der Waals surface area contributed by atoms with Crippen molar-refractivity contribution in [2.24, 2.45) is 23.7 Å². The molecule has 0 aromatic heterocycles. The van der Waals surface area contributed by atoms with Crippen LogP contribution in [0, 0.1) is 23.7 Å². The Morgan fingerprint density at radius 2 is 0.565 bits per heavy atom. The number of hydrogen-bond acceptors (Lipinski definition) is 15. The molecule has 0 radical (unpaired) electrons.